The molecule has 0 heterocycles. The van der Waals surface area contributed by atoms with Crippen LogP contribution in [0.2, 0.25) is 0 Å². The van der Waals surface area contributed by atoms with Crippen LogP contribution in [0.4, 0.5) is 0 Å². The summed E-state index contributed by atoms with van der Waals surface area (Å²) in [5, 5.41) is 0. The van der Waals surface area contributed by atoms with E-state index in [9.17, 15) is 13.2 Å². The molecule has 1 fully saturated rings. The minimum Gasteiger partial charge on any atom is -0.303 e. The highest BCUT2D eigenvalue weighted by Gasteiger charge is 2.25. The largest absolute Gasteiger partial charge is 0.303 e. The lowest BCUT2D eigenvalue weighted by Crippen LogP contribution is -2.26. The summed E-state index contributed by atoms with van der Waals surface area (Å²) in [5.41, 5.74) is 0. The van der Waals surface area contributed by atoms with Gasteiger partial charge in [-0.3, -0.25) is 0 Å². The molecule has 1 atom stereocenters. The van der Waals surface area contributed by atoms with E-state index in [-0.39, 0.29) is 11.7 Å². The molecule has 1 unspecified atom stereocenters. The van der Waals surface area contributed by atoms with Crippen LogP contribution in [-0.2, 0) is 14.6 Å². The summed E-state index contributed by atoms with van der Waals surface area (Å²) in [5.74, 6) is 0.0579. The first-order chi connectivity index (χ1) is 6.53. The summed E-state index contributed by atoms with van der Waals surface area (Å²) < 4.78 is 22.2. The summed E-state index contributed by atoms with van der Waals surface area (Å²) in [4.78, 5) is 10.8. The van der Waals surface area contributed by atoms with Gasteiger partial charge in [0.2, 0.25) is 0 Å². The monoisotopic (exact) mass is 218 g/mol. The Kier molecular flexibility index (Phi) is 4.11. The molecule has 1 aliphatic carbocycles. The quantitative estimate of drug-likeness (QED) is 0.671. The first-order valence-electron chi connectivity index (χ1n) is 5.16. The zero-order valence-electron chi connectivity index (χ0n) is 8.61. The van der Waals surface area contributed by atoms with Gasteiger partial charge in [-0.15, -0.1) is 0 Å². The van der Waals surface area contributed by atoms with Crippen molar-refractivity contribution in [1.29, 1.82) is 0 Å². The van der Waals surface area contributed by atoms with E-state index < -0.39 is 9.84 Å². The maximum absolute atomic E-state index is 11.1. The molecule has 0 amide bonds. The Morgan fingerprint density at radius 3 is 2.29 bits per heavy atom. The molecule has 82 valence electrons. The number of carbonyl (C=O) groups excluding carboxylic acids is 1. The summed E-state index contributed by atoms with van der Waals surface area (Å²) in [7, 11) is -3.02. The third-order valence-electron chi connectivity index (χ3n) is 2.93. The van der Waals surface area contributed by atoms with Crippen LogP contribution in [0.3, 0.4) is 0 Å². The minimum absolute atomic E-state index is 0.0289. The van der Waals surface area contributed by atoms with E-state index >= 15 is 0 Å². The summed E-state index contributed by atoms with van der Waals surface area (Å²) in [6.45, 7) is 0. The molecular weight excluding hydrogens is 200 g/mol. The normalized spacial score (nSPS) is 21.8. The van der Waals surface area contributed by atoms with Crippen LogP contribution >= 0.6 is 0 Å². The van der Waals surface area contributed by atoms with Crippen molar-refractivity contribution in [3.05, 3.63) is 0 Å². The molecule has 0 saturated heterocycles. The topological polar surface area (TPSA) is 51.2 Å². The van der Waals surface area contributed by atoms with Crippen LogP contribution in [0.15, 0.2) is 0 Å². The molecule has 0 N–H and O–H groups in total. The third kappa shape index (κ3) is 3.78. The Balaban J connectivity index is 2.56. The summed E-state index contributed by atoms with van der Waals surface area (Å²) >= 11 is 0. The summed E-state index contributed by atoms with van der Waals surface area (Å²) in [6, 6.07) is 0. The van der Waals surface area contributed by atoms with Gasteiger partial charge >= 0.3 is 0 Å². The van der Waals surface area contributed by atoms with Crippen molar-refractivity contribution >= 4 is 16.1 Å². The van der Waals surface area contributed by atoms with Gasteiger partial charge in [-0.2, -0.15) is 0 Å². The molecule has 0 aliphatic heterocycles. The van der Waals surface area contributed by atoms with Crippen molar-refractivity contribution in [2.75, 3.05) is 12.0 Å². The van der Waals surface area contributed by atoms with Crippen molar-refractivity contribution < 1.29 is 13.2 Å². The first kappa shape index (κ1) is 11.7. The van der Waals surface area contributed by atoms with Crippen LogP contribution in [0, 0.1) is 11.8 Å². The fraction of sp³-hybridized carbons (Fsp3) is 0.900. The highest BCUT2D eigenvalue weighted by molar-refractivity contribution is 7.90. The van der Waals surface area contributed by atoms with Gasteiger partial charge in [0.05, 0.1) is 5.75 Å². The van der Waals surface area contributed by atoms with E-state index in [1.807, 2.05) is 0 Å². The van der Waals surface area contributed by atoms with Gasteiger partial charge in [0.15, 0.2) is 0 Å². The van der Waals surface area contributed by atoms with Gasteiger partial charge in [-0.1, -0.05) is 19.3 Å². The van der Waals surface area contributed by atoms with Crippen molar-refractivity contribution in [3.8, 4) is 0 Å². The lowest BCUT2D eigenvalue weighted by atomic mass is 9.81. The number of aldehydes is 1. The Morgan fingerprint density at radius 2 is 1.86 bits per heavy atom. The van der Waals surface area contributed by atoms with Gasteiger partial charge in [-0.05, 0) is 18.8 Å². The van der Waals surface area contributed by atoms with Crippen LogP contribution in [0.25, 0.3) is 0 Å². The fourth-order valence-electron chi connectivity index (χ4n) is 2.20. The van der Waals surface area contributed by atoms with Gasteiger partial charge in [-0.25, -0.2) is 8.42 Å². The first-order valence-corrected chi connectivity index (χ1v) is 7.22. The van der Waals surface area contributed by atoms with Gasteiger partial charge in [0, 0.05) is 12.2 Å². The standard InChI is InChI=1S/C10H18O3S/c1-14(12,13)8-10(7-11)9-5-3-2-4-6-9/h7,9-10H,2-6,8H2,1H3. The van der Waals surface area contributed by atoms with Crippen LogP contribution in [0.1, 0.15) is 32.1 Å². The SMILES string of the molecule is CS(=O)(=O)CC(C=O)C1CCCCC1. The lowest BCUT2D eigenvalue weighted by Gasteiger charge is -2.25. The Hall–Kier alpha value is -0.380. The average molecular weight is 218 g/mol. The lowest BCUT2D eigenvalue weighted by molar-refractivity contribution is -0.112. The molecule has 0 aromatic rings. The van der Waals surface area contributed by atoms with Gasteiger partial charge in [0.25, 0.3) is 0 Å². The highest BCUT2D eigenvalue weighted by Crippen LogP contribution is 2.29. The van der Waals surface area contributed by atoms with E-state index in [1.165, 1.54) is 12.7 Å². The predicted octanol–water partition coefficient (Wildman–Crippen LogP) is 1.43. The zero-order chi connectivity index (χ0) is 10.6. The second-order valence-electron chi connectivity index (χ2n) is 4.29. The van der Waals surface area contributed by atoms with Crippen molar-refractivity contribution in [2.45, 2.75) is 32.1 Å². The zero-order valence-corrected chi connectivity index (χ0v) is 9.42. The maximum Gasteiger partial charge on any atom is 0.148 e. The Labute approximate surface area is 85.8 Å². The molecule has 0 spiro atoms. The van der Waals surface area contributed by atoms with Crippen molar-refractivity contribution in [2.24, 2.45) is 11.8 Å². The van der Waals surface area contributed by atoms with Crippen LogP contribution in [-0.4, -0.2) is 26.7 Å². The van der Waals surface area contributed by atoms with E-state index in [0.717, 1.165) is 32.0 Å². The maximum atomic E-state index is 11.1. The number of carbonyl (C=O) groups is 1. The number of hydrogen-bond donors (Lipinski definition) is 0. The Bertz CT molecular complexity index is 276. The van der Waals surface area contributed by atoms with Gasteiger partial charge in [0.1, 0.15) is 16.1 Å². The van der Waals surface area contributed by atoms with E-state index in [4.69, 9.17) is 0 Å². The summed E-state index contributed by atoms with van der Waals surface area (Å²) in [6.07, 6.45) is 7.56. The molecule has 1 aliphatic rings. The van der Waals surface area contributed by atoms with Crippen molar-refractivity contribution in [3.63, 3.8) is 0 Å². The molecule has 0 aromatic carbocycles. The second kappa shape index (κ2) is 4.91. The predicted molar refractivity (Wildman–Crippen MR) is 55.8 cm³/mol. The van der Waals surface area contributed by atoms with E-state index in [0.29, 0.717) is 5.92 Å². The minimum atomic E-state index is -3.02. The Morgan fingerprint density at radius 1 is 1.29 bits per heavy atom. The van der Waals surface area contributed by atoms with E-state index in [1.54, 1.807) is 0 Å². The van der Waals surface area contributed by atoms with Crippen molar-refractivity contribution in [1.82, 2.24) is 0 Å². The van der Waals surface area contributed by atoms with Crippen LogP contribution < -0.4 is 0 Å². The highest BCUT2D eigenvalue weighted by atomic mass is 32.2. The molecule has 4 heteroatoms. The number of rotatable bonds is 4. The van der Waals surface area contributed by atoms with E-state index in [2.05, 4.69) is 0 Å². The number of hydrogen-bond acceptors (Lipinski definition) is 3. The molecule has 3 nitrogen and oxygen atoms in total. The molecular formula is C10H18O3S. The average Bonchev–Trinajstić information content (AvgIpc) is 2.14. The van der Waals surface area contributed by atoms with Crippen LogP contribution in [0.5, 0.6) is 0 Å². The second-order valence-corrected chi connectivity index (χ2v) is 6.48. The smallest absolute Gasteiger partial charge is 0.148 e. The molecule has 0 radical (unpaired) electrons. The molecule has 0 bridgehead atoms. The fourth-order valence-corrected chi connectivity index (χ4v) is 3.25. The number of sulfone groups is 1. The third-order valence-corrected chi connectivity index (χ3v) is 3.92. The molecule has 14 heavy (non-hydrogen) atoms. The molecule has 0 aromatic heterocycles. The molecule has 1 saturated carbocycles. The van der Waals surface area contributed by atoms with Gasteiger partial charge < -0.3 is 4.79 Å². The molecule has 1 rings (SSSR count).